The number of carbonyl (C=O) groups excluding carboxylic acids is 2. The first kappa shape index (κ1) is 19.6. The van der Waals surface area contributed by atoms with Gasteiger partial charge in [0.15, 0.2) is 0 Å². The van der Waals surface area contributed by atoms with Crippen molar-refractivity contribution < 1.29 is 14.3 Å². The van der Waals surface area contributed by atoms with Crippen LogP contribution in [0.3, 0.4) is 0 Å². The van der Waals surface area contributed by atoms with Gasteiger partial charge in [-0.3, -0.25) is 0 Å². The van der Waals surface area contributed by atoms with Gasteiger partial charge in [0.1, 0.15) is 5.60 Å². The van der Waals surface area contributed by atoms with Crippen LogP contribution in [-0.2, 0) is 4.74 Å². The number of hydrogen-bond donors (Lipinski definition) is 4. The third-order valence-electron chi connectivity index (χ3n) is 2.95. The molecule has 0 aliphatic carbocycles. The molecule has 1 rings (SSSR count). The molecule has 0 aromatic heterocycles. The maximum Gasteiger partial charge on any atom is 0.407 e. The summed E-state index contributed by atoms with van der Waals surface area (Å²) in [4.78, 5) is 23.1. The summed E-state index contributed by atoms with van der Waals surface area (Å²) in [5.74, 6) is 0. The van der Waals surface area contributed by atoms with Gasteiger partial charge in [-0.25, -0.2) is 9.59 Å². The van der Waals surface area contributed by atoms with Gasteiger partial charge in [-0.05, 0) is 58.2 Å². The molecule has 24 heavy (non-hydrogen) atoms. The first-order chi connectivity index (χ1) is 11.3. The zero-order chi connectivity index (χ0) is 18.0. The minimum absolute atomic E-state index is 0.257. The van der Waals surface area contributed by atoms with Crippen LogP contribution in [0.4, 0.5) is 21.0 Å². The smallest absolute Gasteiger partial charge is 0.407 e. The second-order valence-electron chi connectivity index (χ2n) is 6.50. The monoisotopic (exact) mass is 336 g/mol. The predicted molar refractivity (Wildman–Crippen MR) is 96.0 cm³/mol. The number of amides is 3. The zero-order valence-electron chi connectivity index (χ0n) is 14.6. The Morgan fingerprint density at radius 3 is 2.38 bits per heavy atom. The maximum absolute atomic E-state index is 11.7. The highest BCUT2D eigenvalue weighted by molar-refractivity contribution is 5.89. The number of hydrogen-bond acceptors (Lipinski definition) is 4. The minimum atomic E-state index is -0.481. The van der Waals surface area contributed by atoms with Crippen LogP contribution in [0.1, 0.15) is 40.0 Å². The fraction of sp³-hybridized carbons (Fsp3) is 0.529. The van der Waals surface area contributed by atoms with Crippen LogP contribution in [0.5, 0.6) is 0 Å². The topological polar surface area (TPSA) is 105 Å². The first-order valence-corrected chi connectivity index (χ1v) is 8.13. The molecule has 0 spiro atoms. The van der Waals surface area contributed by atoms with Gasteiger partial charge in [-0.1, -0.05) is 6.07 Å². The van der Waals surface area contributed by atoms with Crippen molar-refractivity contribution >= 4 is 23.5 Å². The molecular formula is C17H28N4O3. The summed E-state index contributed by atoms with van der Waals surface area (Å²) in [6.07, 6.45) is 2.16. The van der Waals surface area contributed by atoms with Gasteiger partial charge >= 0.3 is 12.1 Å². The van der Waals surface area contributed by atoms with E-state index in [9.17, 15) is 9.59 Å². The third kappa shape index (κ3) is 9.55. The lowest BCUT2D eigenvalue weighted by molar-refractivity contribution is 0.0527. The summed E-state index contributed by atoms with van der Waals surface area (Å²) in [7, 11) is 0. The van der Waals surface area contributed by atoms with Gasteiger partial charge < -0.3 is 26.4 Å². The van der Waals surface area contributed by atoms with Crippen molar-refractivity contribution in [1.29, 1.82) is 0 Å². The fourth-order valence-electron chi connectivity index (χ4n) is 1.93. The molecule has 134 valence electrons. The van der Waals surface area contributed by atoms with E-state index in [1.807, 2.05) is 20.8 Å². The van der Waals surface area contributed by atoms with Crippen LogP contribution in [0, 0.1) is 0 Å². The van der Waals surface area contributed by atoms with Gasteiger partial charge in [-0.2, -0.15) is 0 Å². The molecular weight excluding hydrogens is 308 g/mol. The van der Waals surface area contributed by atoms with Crippen LogP contribution in [0.15, 0.2) is 24.3 Å². The zero-order valence-corrected chi connectivity index (χ0v) is 14.6. The number of anilines is 2. The van der Waals surface area contributed by atoms with Crippen LogP contribution in [0.25, 0.3) is 0 Å². The predicted octanol–water partition coefficient (Wildman–Crippen LogP) is 3.09. The summed E-state index contributed by atoms with van der Waals surface area (Å²) in [5.41, 5.74) is 6.43. The quantitative estimate of drug-likeness (QED) is 0.453. The molecule has 0 aliphatic rings. The van der Waals surface area contributed by atoms with E-state index >= 15 is 0 Å². The SMILES string of the molecule is CC(C)(C)OC(=O)NCCCCCNC(=O)Nc1cccc(N)c1. The number of alkyl carbamates (subject to hydrolysis) is 1. The number of urea groups is 1. The van der Waals surface area contributed by atoms with Crippen molar-refractivity contribution in [3.05, 3.63) is 24.3 Å². The van der Waals surface area contributed by atoms with E-state index < -0.39 is 11.7 Å². The van der Waals surface area contributed by atoms with Crippen molar-refractivity contribution in [2.45, 2.75) is 45.6 Å². The van der Waals surface area contributed by atoms with E-state index in [-0.39, 0.29) is 6.03 Å². The number of nitrogens with one attached hydrogen (secondary N) is 3. The second kappa shape index (κ2) is 9.64. The number of rotatable bonds is 7. The number of benzene rings is 1. The molecule has 1 aromatic rings. The van der Waals surface area contributed by atoms with Crippen LogP contribution >= 0.6 is 0 Å². The Hall–Kier alpha value is -2.44. The molecule has 0 unspecified atom stereocenters. The number of ether oxygens (including phenoxy) is 1. The number of nitrogens with two attached hydrogens (primary N) is 1. The van der Waals surface area contributed by atoms with Crippen molar-refractivity contribution in [2.24, 2.45) is 0 Å². The molecule has 0 heterocycles. The lowest BCUT2D eigenvalue weighted by atomic mass is 10.2. The normalized spacial score (nSPS) is 10.8. The summed E-state index contributed by atoms with van der Waals surface area (Å²) in [6, 6.07) is 6.75. The van der Waals surface area contributed by atoms with E-state index in [0.717, 1.165) is 19.3 Å². The molecule has 0 saturated heterocycles. The summed E-state index contributed by atoms with van der Waals surface area (Å²) in [6.45, 7) is 6.61. The average molecular weight is 336 g/mol. The Morgan fingerprint density at radius 2 is 1.75 bits per heavy atom. The van der Waals surface area contributed by atoms with Gasteiger partial charge in [0.2, 0.25) is 0 Å². The van der Waals surface area contributed by atoms with Crippen LogP contribution in [-0.4, -0.2) is 30.8 Å². The molecule has 0 aliphatic heterocycles. The average Bonchev–Trinajstić information content (AvgIpc) is 2.44. The minimum Gasteiger partial charge on any atom is -0.444 e. The summed E-state index contributed by atoms with van der Waals surface area (Å²) < 4.78 is 5.14. The van der Waals surface area contributed by atoms with Gasteiger partial charge in [-0.15, -0.1) is 0 Å². The van der Waals surface area contributed by atoms with Gasteiger partial charge in [0.25, 0.3) is 0 Å². The Labute approximate surface area is 143 Å². The Kier molecular flexibility index (Phi) is 7.88. The molecule has 0 radical (unpaired) electrons. The van der Waals surface area contributed by atoms with Crippen molar-refractivity contribution in [3.8, 4) is 0 Å². The van der Waals surface area contributed by atoms with Crippen LogP contribution < -0.4 is 21.7 Å². The molecule has 0 fully saturated rings. The van der Waals surface area contributed by atoms with Crippen molar-refractivity contribution in [1.82, 2.24) is 10.6 Å². The van der Waals surface area contributed by atoms with E-state index in [4.69, 9.17) is 10.5 Å². The standard InChI is InChI=1S/C17H28N4O3/c1-17(2,3)24-16(23)20-11-6-4-5-10-19-15(22)21-14-9-7-8-13(18)12-14/h7-9,12H,4-6,10-11,18H2,1-3H3,(H,20,23)(H2,19,21,22). The number of nitrogen functional groups attached to an aromatic ring is 1. The molecule has 5 N–H and O–H groups in total. The molecule has 3 amide bonds. The van der Waals surface area contributed by atoms with Crippen molar-refractivity contribution in [3.63, 3.8) is 0 Å². The highest BCUT2D eigenvalue weighted by Crippen LogP contribution is 2.11. The van der Waals surface area contributed by atoms with Gasteiger partial charge in [0.05, 0.1) is 0 Å². The summed E-state index contributed by atoms with van der Waals surface area (Å²) in [5, 5.41) is 8.20. The number of unbranched alkanes of at least 4 members (excludes halogenated alkanes) is 2. The largest absolute Gasteiger partial charge is 0.444 e. The van der Waals surface area contributed by atoms with Crippen molar-refractivity contribution in [2.75, 3.05) is 24.1 Å². The lowest BCUT2D eigenvalue weighted by Gasteiger charge is -2.19. The van der Waals surface area contributed by atoms with Crippen LogP contribution in [0.2, 0.25) is 0 Å². The molecule has 1 aromatic carbocycles. The Balaban J connectivity index is 2.04. The number of carbonyl (C=O) groups is 2. The second-order valence-corrected chi connectivity index (χ2v) is 6.50. The molecule has 7 heteroatoms. The maximum atomic E-state index is 11.7. The van der Waals surface area contributed by atoms with Gasteiger partial charge in [0, 0.05) is 24.5 Å². The molecule has 7 nitrogen and oxygen atoms in total. The lowest BCUT2D eigenvalue weighted by Crippen LogP contribution is -2.33. The third-order valence-corrected chi connectivity index (χ3v) is 2.95. The molecule has 0 bridgehead atoms. The van der Waals surface area contributed by atoms with E-state index in [2.05, 4.69) is 16.0 Å². The summed E-state index contributed by atoms with van der Waals surface area (Å²) >= 11 is 0. The molecule has 0 atom stereocenters. The Morgan fingerprint density at radius 1 is 1.08 bits per heavy atom. The highest BCUT2D eigenvalue weighted by Gasteiger charge is 2.15. The van der Waals surface area contributed by atoms with E-state index in [1.165, 1.54) is 0 Å². The molecule has 0 saturated carbocycles. The fourth-order valence-corrected chi connectivity index (χ4v) is 1.93. The van der Waals surface area contributed by atoms with E-state index in [1.54, 1.807) is 24.3 Å². The van der Waals surface area contributed by atoms with E-state index in [0.29, 0.717) is 24.5 Å². The Bertz CT molecular complexity index is 541. The highest BCUT2D eigenvalue weighted by atomic mass is 16.6. The first-order valence-electron chi connectivity index (χ1n) is 8.13.